The van der Waals surface area contributed by atoms with Gasteiger partial charge in [0.25, 0.3) is 15.5 Å². The zero-order chi connectivity index (χ0) is 34.4. The van der Waals surface area contributed by atoms with E-state index in [0.29, 0.717) is 10.6 Å². The van der Waals surface area contributed by atoms with Gasteiger partial charge in [-0.2, -0.15) is 0 Å². The van der Waals surface area contributed by atoms with Crippen molar-refractivity contribution in [2.75, 3.05) is 7.11 Å². The van der Waals surface area contributed by atoms with Gasteiger partial charge in [-0.05, 0) is 77.0 Å². The minimum atomic E-state index is -3.82. The number of esters is 1. The minimum Gasteiger partial charge on any atom is -0.465 e. The molecule has 0 radical (unpaired) electrons. The lowest BCUT2D eigenvalue weighted by molar-refractivity contribution is 0.0600. The summed E-state index contributed by atoms with van der Waals surface area (Å²) in [5, 5.41) is 8.13. The molecule has 246 valence electrons. The van der Waals surface area contributed by atoms with Gasteiger partial charge in [0.1, 0.15) is 6.33 Å². The van der Waals surface area contributed by atoms with Crippen LogP contribution in [0.15, 0.2) is 105 Å². The smallest absolute Gasteiger partial charge is 0.337 e. The number of hydrogen-bond donors (Lipinski definition) is 0. The molecule has 4 unspecified atom stereocenters. The zero-order valence-corrected chi connectivity index (χ0v) is 34.4. The molecule has 5 aromatic rings. The molecule has 0 amide bonds. The lowest BCUT2D eigenvalue weighted by atomic mass is 10.0. The molecule has 2 heterocycles. The third-order valence-electron chi connectivity index (χ3n) is 5.37. The first-order valence-electron chi connectivity index (χ1n) is 12.3. The fourth-order valence-corrected chi connectivity index (χ4v) is 5.13. The molecule has 19 heteroatoms. The molecule has 0 bridgehead atoms. The highest BCUT2D eigenvalue weighted by molar-refractivity contribution is 9.10. The van der Waals surface area contributed by atoms with Crippen LogP contribution in [0.25, 0.3) is 16.8 Å². The van der Waals surface area contributed by atoms with E-state index in [1.165, 1.54) is 7.11 Å². The van der Waals surface area contributed by atoms with Crippen LogP contribution in [0.1, 0.15) is 22.3 Å². The van der Waals surface area contributed by atoms with E-state index in [2.05, 4.69) is 73.6 Å². The number of nitrogens with zero attached hydrogens (tertiary/aromatic N) is 3. The predicted octanol–water partition coefficient (Wildman–Crippen LogP) is 11.0. The van der Waals surface area contributed by atoms with Crippen LogP contribution in [-0.2, 0) is 13.8 Å². The number of alkyl halides is 2. The van der Waals surface area contributed by atoms with Crippen LogP contribution < -0.4 is 0 Å². The molecule has 5 rings (SSSR count). The van der Waals surface area contributed by atoms with E-state index in [9.17, 15) is 22.0 Å². The van der Waals surface area contributed by atoms with E-state index in [-0.39, 0.29) is 17.4 Å². The van der Waals surface area contributed by atoms with Gasteiger partial charge in [0.05, 0.1) is 22.2 Å². The Balaban J connectivity index is 0.000000231. The van der Waals surface area contributed by atoms with Crippen molar-refractivity contribution in [3.63, 3.8) is 0 Å². The van der Waals surface area contributed by atoms with Gasteiger partial charge in [-0.3, -0.25) is 4.40 Å². The molecule has 0 N–H and O–H groups in total. The molecule has 0 saturated heterocycles. The highest BCUT2D eigenvalue weighted by Gasteiger charge is 2.12. The first-order valence-corrected chi connectivity index (χ1v) is 24.8. The fourth-order valence-electron chi connectivity index (χ4n) is 3.24. The Labute approximate surface area is 301 Å². The van der Waals surface area contributed by atoms with Crippen molar-refractivity contribution in [1.82, 2.24) is 14.6 Å². The number of carbonyl (C=O) groups is 1. The summed E-state index contributed by atoms with van der Waals surface area (Å²) in [4.78, 5) is 11.2. The number of methoxy groups -OCH3 is 1. The largest absolute Gasteiger partial charge is 0.465 e. The number of fused-ring (bicyclic) bond motifs is 1. The normalized spacial score (nSPS) is 11.0. The third kappa shape index (κ3) is 14.0. The average Bonchev–Trinajstić information content (AvgIpc) is 3.52. The van der Waals surface area contributed by atoms with E-state index >= 15 is 0 Å². The number of pyridine rings is 1. The molecule has 0 spiro atoms. The maximum atomic E-state index is 12.0. The highest BCUT2D eigenvalue weighted by atomic mass is 79.9. The number of ether oxygens (including phenoxy) is 1. The molecule has 0 saturated carbocycles. The Bertz CT molecular complexity index is 1840. The van der Waals surface area contributed by atoms with Crippen molar-refractivity contribution < 1.29 is 26.7 Å². The van der Waals surface area contributed by atoms with Crippen LogP contribution in [0.5, 0.6) is 0 Å². The van der Waals surface area contributed by atoms with Crippen LogP contribution in [0, 0.1) is 0 Å². The number of benzene rings is 3. The molecule has 4 atom stereocenters. The first-order chi connectivity index (χ1) is 21.7. The maximum Gasteiger partial charge on any atom is 0.337 e. The van der Waals surface area contributed by atoms with Crippen LogP contribution in [0.4, 0.5) is 8.78 Å². The average molecular weight is 912 g/mol. The predicted molar refractivity (Wildman–Crippen MR) is 205 cm³/mol. The summed E-state index contributed by atoms with van der Waals surface area (Å²) in [7, 11) is 11.7. The number of hydrogen-bond acceptors (Lipinski definition) is 6. The molecule has 0 aliphatic heterocycles. The Morgan fingerprint density at radius 2 is 1.65 bits per heavy atom. The minimum absolute atomic E-state index is 0.182. The molecular weight excluding hydrogens is 886 g/mol. The lowest BCUT2D eigenvalue weighted by Crippen LogP contribution is -2.00. The van der Waals surface area contributed by atoms with E-state index < -0.39 is 21.4 Å². The number of halogens is 6. The second kappa shape index (κ2) is 20.7. The van der Waals surface area contributed by atoms with Gasteiger partial charge in [-0.1, -0.05) is 71.9 Å². The molecule has 46 heavy (non-hydrogen) atoms. The summed E-state index contributed by atoms with van der Waals surface area (Å²) >= 11 is 13.0. The summed E-state index contributed by atoms with van der Waals surface area (Å²) in [6, 6.07) is 22.9. The van der Waals surface area contributed by atoms with E-state index in [4.69, 9.17) is 22.3 Å². The van der Waals surface area contributed by atoms with Gasteiger partial charge in [-0.15, -0.1) is 37.0 Å². The topological polar surface area (TPSA) is 90.6 Å². The number of carbonyl (C=O) groups excluding carboxylic acids is 1. The van der Waals surface area contributed by atoms with Gasteiger partial charge >= 0.3 is 5.97 Å². The van der Waals surface area contributed by atoms with Crippen LogP contribution in [-0.4, -0.2) is 36.1 Å². The standard InChI is InChI=1S/C14H10BrClO2.C7H5ClF2O2S.C6H4BrN3.H7P5/c1-18-14(17)10-5-6-12(13(16)8-10)9-3-2-4-11(15)7-9;8-13(11,12)6-3-1-5(2-4-6)7(9)10;7-5-2-1-3-6-9-8-4-10(5)6;1-4-5(2)3/h2-8H,1H3;1-4,7H;1-4H;4H,1-3H2. The fraction of sp³-hybridized carbons (Fsp3) is 0.0741. The SMILES string of the molecule is Brc1cccc2nncn12.COC(=O)c1ccc(-c2cccc(Br)c2)c(Cl)c1.O=S(=O)(Cl)c1ccc(C(F)F)cc1.PPP(P)P. The van der Waals surface area contributed by atoms with Crippen molar-refractivity contribution in [3.8, 4) is 11.1 Å². The van der Waals surface area contributed by atoms with Gasteiger partial charge < -0.3 is 4.74 Å². The van der Waals surface area contributed by atoms with E-state index in [0.717, 1.165) is 58.1 Å². The van der Waals surface area contributed by atoms with Gasteiger partial charge in [0, 0.05) is 31.3 Å². The Morgan fingerprint density at radius 1 is 1.02 bits per heavy atom. The first kappa shape index (κ1) is 41.4. The number of aromatic nitrogens is 3. The van der Waals surface area contributed by atoms with Crippen molar-refractivity contribution >= 4 is 117 Å². The summed E-state index contributed by atoms with van der Waals surface area (Å²) in [5.41, 5.74) is 2.94. The van der Waals surface area contributed by atoms with E-state index in [1.54, 1.807) is 18.5 Å². The second-order valence-corrected chi connectivity index (χ2v) is 27.1. The van der Waals surface area contributed by atoms with Gasteiger partial charge in [-0.25, -0.2) is 22.0 Å². The molecule has 0 aliphatic carbocycles. The molecule has 3 aromatic carbocycles. The van der Waals surface area contributed by atoms with Crippen LogP contribution in [0.2, 0.25) is 5.02 Å². The summed E-state index contributed by atoms with van der Waals surface area (Å²) < 4.78 is 53.9. The molecule has 2 aromatic heterocycles. The quantitative estimate of drug-likeness (QED) is 0.0755. The molecular formula is C27H26Br2Cl2F2N3O4P5S. The summed E-state index contributed by atoms with van der Waals surface area (Å²) in [5.74, 6) is -0.391. The van der Waals surface area contributed by atoms with Crippen molar-refractivity contribution in [2.45, 2.75) is 11.3 Å². The van der Waals surface area contributed by atoms with Crippen molar-refractivity contribution in [2.24, 2.45) is 0 Å². The second-order valence-electron chi connectivity index (χ2n) is 8.45. The van der Waals surface area contributed by atoms with Crippen LogP contribution >= 0.6 is 95.9 Å². The van der Waals surface area contributed by atoms with Gasteiger partial charge in [0.2, 0.25) is 0 Å². The Hall–Kier alpha value is -0.750. The maximum absolute atomic E-state index is 12.0. The molecule has 7 nitrogen and oxygen atoms in total. The van der Waals surface area contributed by atoms with Crippen molar-refractivity contribution in [3.05, 3.63) is 116 Å². The van der Waals surface area contributed by atoms with Crippen LogP contribution in [0.3, 0.4) is 0 Å². The summed E-state index contributed by atoms with van der Waals surface area (Å²) in [6.07, 6.45) is -0.938. The van der Waals surface area contributed by atoms with Gasteiger partial charge in [0.15, 0.2) is 5.65 Å². The van der Waals surface area contributed by atoms with E-state index in [1.807, 2.05) is 52.9 Å². The molecule has 0 aliphatic rings. The lowest BCUT2D eigenvalue weighted by Gasteiger charge is -2.07. The number of rotatable bonds is 5. The Kier molecular flexibility index (Phi) is 18.6. The summed E-state index contributed by atoms with van der Waals surface area (Å²) in [6.45, 7) is 0.226. The third-order valence-corrected chi connectivity index (χ3v) is 20.1. The zero-order valence-electron chi connectivity index (χ0n) is 23.6. The monoisotopic (exact) mass is 909 g/mol. The highest BCUT2D eigenvalue weighted by Crippen LogP contribution is 2.71. The Morgan fingerprint density at radius 3 is 2.15 bits per heavy atom. The van der Waals surface area contributed by atoms with Crippen molar-refractivity contribution in [1.29, 1.82) is 0 Å². The molecule has 0 fully saturated rings.